The molecule has 0 saturated carbocycles. The lowest BCUT2D eigenvalue weighted by molar-refractivity contribution is -0.122. The molecule has 0 radical (unpaired) electrons. The van der Waals surface area contributed by atoms with E-state index in [-0.39, 0.29) is 11.9 Å². The lowest BCUT2D eigenvalue weighted by Gasteiger charge is -2.34. The maximum absolute atomic E-state index is 12.9. The highest BCUT2D eigenvalue weighted by Crippen LogP contribution is 2.23. The van der Waals surface area contributed by atoms with Gasteiger partial charge in [-0.05, 0) is 56.6 Å². The van der Waals surface area contributed by atoms with Crippen LogP contribution < -0.4 is 5.32 Å². The number of hydrogen-bond donors (Lipinski definition) is 1. The van der Waals surface area contributed by atoms with Crippen LogP contribution in [0.15, 0.2) is 48.9 Å². The van der Waals surface area contributed by atoms with E-state index in [1.54, 1.807) is 22.2 Å². The normalized spacial score (nSPS) is 17.7. The van der Waals surface area contributed by atoms with E-state index in [9.17, 15) is 4.79 Å². The number of carbonyl (C=O) groups excluding carboxylic acids is 1. The van der Waals surface area contributed by atoms with E-state index in [1.165, 1.54) is 4.88 Å². The van der Waals surface area contributed by atoms with Crippen LogP contribution in [0.5, 0.6) is 0 Å². The number of aromatic nitrogens is 3. The summed E-state index contributed by atoms with van der Waals surface area (Å²) in [5.74, 6) is 0.0720. The summed E-state index contributed by atoms with van der Waals surface area (Å²) in [6.07, 6.45) is 8.70. The Balaban J connectivity index is 1.42. The molecule has 1 N–H and O–H groups in total. The molecule has 0 spiro atoms. The van der Waals surface area contributed by atoms with Crippen molar-refractivity contribution in [3.05, 3.63) is 58.8 Å². The molecule has 1 atom stereocenters. The zero-order valence-electron chi connectivity index (χ0n) is 15.3. The molecule has 2 aromatic heterocycles. The van der Waals surface area contributed by atoms with Gasteiger partial charge in [-0.15, -0.1) is 11.3 Å². The molecule has 7 heteroatoms. The van der Waals surface area contributed by atoms with Crippen molar-refractivity contribution >= 4 is 22.9 Å². The Morgan fingerprint density at radius 1 is 1.30 bits per heavy atom. The first-order valence-electron chi connectivity index (χ1n) is 9.25. The van der Waals surface area contributed by atoms with Gasteiger partial charge in [-0.1, -0.05) is 6.42 Å². The van der Waals surface area contributed by atoms with Crippen LogP contribution in [0, 0.1) is 6.92 Å². The van der Waals surface area contributed by atoms with Crippen molar-refractivity contribution in [2.24, 2.45) is 0 Å². The zero-order valence-corrected chi connectivity index (χ0v) is 16.2. The largest absolute Gasteiger partial charge is 0.325 e. The van der Waals surface area contributed by atoms with Crippen molar-refractivity contribution in [1.82, 2.24) is 19.7 Å². The Morgan fingerprint density at radius 2 is 2.15 bits per heavy atom. The number of aryl methyl sites for hydroxylation is 1. The van der Waals surface area contributed by atoms with Crippen molar-refractivity contribution in [3.63, 3.8) is 0 Å². The van der Waals surface area contributed by atoms with Gasteiger partial charge in [0.25, 0.3) is 0 Å². The Bertz CT molecular complexity index is 888. The van der Waals surface area contributed by atoms with E-state index in [2.05, 4.69) is 20.3 Å². The third kappa shape index (κ3) is 4.26. The molecule has 3 aromatic rings. The zero-order chi connectivity index (χ0) is 18.6. The average molecular weight is 382 g/mol. The van der Waals surface area contributed by atoms with Crippen molar-refractivity contribution in [3.8, 4) is 5.69 Å². The van der Waals surface area contributed by atoms with Crippen LogP contribution in [0.25, 0.3) is 5.69 Å². The Hall–Kier alpha value is -2.51. The fraction of sp³-hybridized carbons (Fsp3) is 0.350. The molecule has 1 saturated heterocycles. The highest BCUT2D eigenvalue weighted by molar-refractivity contribution is 7.11. The van der Waals surface area contributed by atoms with E-state index >= 15 is 0 Å². The number of nitrogens with one attached hydrogen (secondary N) is 1. The van der Waals surface area contributed by atoms with E-state index in [1.807, 2.05) is 49.6 Å². The summed E-state index contributed by atoms with van der Waals surface area (Å²) in [6.45, 7) is 3.76. The minimum Gasteiger partial charge on any atom is -0.325 e. The van der Waals surface area contributed by atoms with Crippen molar-refractivity contribution < 1.29 is 4.79 Å². The Morgan fingerprint density at radius 3 is 2.85 bits per heavy atom. The smallest absolute Gasteiger partial charge is 0.241 e. The number of likely N-dealkylation sites (tertiary alicyclic amines) is 1. The summed E-state index contributed by atoms with van der Waals surface area (Å²) in [6, 6.07) is 9.57. The number of rotatable bonds is 5. The van der Waals surface area contributed by atoms with Gasteiger partial charge < -0.3 is 5.32 Å². The molecule has 140 valence electrons. The number of carbonyl (C=O) groups is 1. The van der Waals surface area contributed by atoms with E-state index in [4.69, 9.17) is 0 Å². The monoisotopic (exact) mass is 381 g/mol. The Labute approximate surface area is 162 Å². The molecule has 4 rings (SSSR count). The number of anilines is 1. The number of piperidine rings is 1. The maximum Gasteiger partial charge on any atom is 0.241 e. The summed E-state index contributed by atoms with van der Waals surface area (Å²) >= 11 is 1.71. The average Bonchev–Trinajstić information content (AvgIpc) is 3.35. The van der Waals surface area contributed by atoms with Gasteiger partial charge in [0, 0.05) is 35.7 Å². The molecule has 1 amide bonds. The molecule has 1 unspecified atom stereocenters. The highest BCUT2D eigenvalue weighted by atomic mass is 32.1. The van der Waals surface area contributed by atoms with Crippen molar-refractivity contribution in [2.45, 2.75) is 38.8 Å². The standard InChI is InChI=1S/C20H23N5OS/c1-15-21-13-18(27-15)14-24-11-3-2-5-19(24)20(26)23-16-6-8-17(9-7-16)25-12-4-10-22-25/h4,6-10,12-13,19H,2-3,5,11,14H2,1H3,(H,23,26). The number of amides is 1. The van der Waals surface area contributed by atoms with Gasteiger partial charge >= 0.3 is 0 Å². The maximum atomic E-state index is 12.9. The molecule has 1 aliphatic rings. The van der Waals surface area contributed by atoms with E-state index < -0.39 is 0 Å². The van der Waals surface area contributed by atoms with Crippen LogP contribution in [-0.2, 0) is 11.3 Å². The lowest BCUT2D eigenvalue weighted by atomic mass is 10.0. The fourth-order valence-corrected chi connectivity index (χ4v) is 4.32. The molecule has 3 heterocycles. The summed E-state index contributed by atoms with van der Waals surface area (Å²) < 4.78 is 1.80. The van der Waals surface area contributed by atoms with Crippen LogP contribution in [0.4, 0.5) is 5.69 Å². The number of hydrogen-bond acceptors (Lipinski definition) is 5. The van der Waals surface area contributed by atoms with Crippen molar-refractivity contribution in [1.29, 1.82) is 0 Å². The number of benzene rings is 1. The van der Waals surface area contributed by atoms with Gasteiger partial charge in [-0.3, -0.25) is 9.69 Å². The molecule has 1 fully saturated rings. The van der Waals surface area contributed by atoms with Gasteiger partial charge in [-0.2, -0.15) is 5.10 Å². The minimum absolute atomic E-state index is 0.0720. The molecular weight excluding hydrogens is 358 g/mol. The quantitative estimate of drug-likeness (QED) is 0.733. The summed E-state index contributed by atoms with van der Waals surface area (Å²) in [5, 5.41) is 8.37. The van der Waals surface area contributed by atoms with E-state index in [0.717, 1.165) is 48.7 Å². The van der Waals surface area contributed by atoms with Crippen LogP contribution in [-0.4, -0.2) is 38.2 Å². The molecule has 0 bridgehead atoms. The van der Waals surface area contributed by atoms with Gasteiger partial charge in [0.05, 0.1) is 16.7 Å². The molecule has 0 aliphatic carbocycles. The molecule has 27 heavy (non-hydrogen) atoms. The first-order valence-corrected chi connectivity index (χ1v) is 10.1. The topological polar surface area (TPSA) is 63.1 Å². The van der Waals surface area contributed by atoms with Gasteiger partial charge in [0.2, 0.25) is 5.91 Å². The van der Waals surface area contributed by atoms with Crippen LogP contribution in [0.1, 0.15) is 29.1 Å². The third-order valence-corrected chi connectivity index (χ3v) is 5.75. The fourth-order valence-electron chi connectivity index (χ4n) is 3.50. The van der Waals surface area contributed by atoms with Crippen LogP contribution in [0.2, 0.25) is 0 Å². The SMILES string of the molecule is Cc1ncc(CN2CCCCC2C(=O)Nc2ccc(-n3cccn3)cc2)s1. The van der Waals surface area contributed by atoms with Gasteiger partial charge in [0.15, 0.2) is 0 Å². The lowest BCUT2D eigenvalue weighted by Crippen LogP contribution is -2.46. The second-order valence-electron chi connectivity index (χ2n) is 6.81. The number of nitrogens with zero attached hydrogens (tertiary/aromatic N) is 4. The first-order chi connectivity index (χ1) is 13.2. The predicted octanol–water partition coefficient (Wildman–Crippen LogP) is 3.63. The highest BCUT2D eigenvalue weighted by Gasteiger charge is 2.29. The second-order valence-corrected chi connectivity index (χ2v) is 8.13. The van der Waals surface area contributed by atoms with Crippen molar-refractivity contribution in [2.75, 3.05) is 11.9 Å². The number of thiazole rings is 1. The summed E-state index contributed by atoms with van der Waals surface area (Å²) in [5.41, 5.74) is 1.79. The molecular formula is C20H23N5OS. The van der Waals surface area contributed by atoms with Crippen LogP contribution >= 0.6 is 11.3 Å². The van der Waals surface area contributed by atoms with E-state index in [0.29, 0.717) is 0 Å². The predicted molar refractivity (Wildman–Crippen MR) is 107 cm³/mol. The summed E-state index contributed by atoms with van der Waals surface area (Å²) in [4.78, 5) is 20.7. The van der Waals surface area contributed by atoms with Gasteiger partial charge in [-0.25, -0.2) is 9.67 Å². The summed E-state index contributed by atoms with van der Waals surface area (Å²) in [7, 11) is 0. The molecule has 1 aromatic carbocycles. The van der Waals surface area contributed by atoms with Gasteiger partial charge in [0.1, 0.15) is 0 Å². The minimum atomic E-state index is -0.0908. The third-order valence-electron chi connectivity index (χ3n) is 4.85. The van der Waals surface area contributed by atoms with Crippen LogP contribution in [0.3, 0.4) is 0 Å². The molecule has 6 nitrogen and oxygen atoms in total. The Kier molecular flexibility index (Phi) is 5.31. The second kappa shape index (κ2) is 8.02. The first kappa shape index (κ1) is 17.9. The molecule has 1 aliphatic heterocycles.